The van der Waals surface area contributed by atoms with Crippen molar-refractivity contribution in [3.8, 4) is 5.75 Å². The molecule has 0 aliphatic carbocycles. The van der Waals surface area contributed by atoms with E-state index in [1.54, 1.807) is 50.5 Å². The van der Waals surface area contributed by atoms with E-state index in [1.165, 1.54) is 4.90 Å². The summed E-state index contributed by atoms with van der Waals surface area (Å²) in [4.78, 5) is 17.1. The van der Waals surface area contributed by atoms with Crippen LogP contribution in [0, 0.1) is 0 Å². The molecular formula is C15H15Cl2N3O2. The van der Waals surface area contributed by atoms with Crippen molar-refractivity contribution in [3.63, 3.8) is 0 Å². The Kier molecular flexibility index (Phi) is 5.46. The number of nitrogens with one attached hydrogen (secondary N) is 1. The van der Waals surface area contributed by atoms with Gasteiger partial charge in [-0.05, 0) is 36.4 Å². The van der Waals surface area contributed by atoms with Crippen molar-refractivity contribution in [3.05, 3.63) is 52.3 Å². The number of urea groups is 1. The van der Waals surface area contributed by atoms with Crippen LogP contribution in [0.4, 0.5) is 10.5 Å². The normalized spacial score (nSPS) is 10.2. The molecule has 7 heteroatoms. The quantitative estimate of drug-likeness (QED) is 0.854. The van der Waals surface area contributed by atoms with Crippen LogP contribution in [0.2, 0.25) is 10.2 Å². The lowest BCUT2D eigenvalue weighted by Gasteiger charge is -2.12. The van der Waals surface area contributed by atoms with Gasteiger partial charge in [0.05, 0.1) is 10.7 Å². The Hall–Kier alpha value is -1.98. The Bertz CT molecular complexity index is 660. The first-order valence-corrected chi connectivity index (χ1v) is 7.23. The van der Waals surface area contributed by atoms with E-state index in [1.807, 2.05) is 0 Å². The maximum atomic E-state index is 11.5. The highest BCUT2D eigenvalue weighted by Crippen LogP contribution is 2.21. The fourth-order valence-corrected chi connectivity index (χ4v) is 1.91. The zero-order valence-electron chi connectivity index (χ0n) is 12.1. The van der Waals surface area contributed by atoms with E-state index in [9.17, 15) is 4.79 Å². The van der Waals surface area contributed by atoms with Gasteiger partial charge in [0.2, 0.25) is 0 Å². The van der Waals surface area contributed by atoms with Gasteiger partial charge >= 0.3 is 6.03 Å². The predicted octanol–water partition coefficient (Wildman–Crippen LogP) is 4.06. The minimum Gasteiger partial charge on any atom is -0.487 e. The van der Waals surface area contributed by atoms with Gasteiger partial charge in [-0.1, -0.05) is 23.2 Å². The third-order valence-electron chi connectivity index (χ3n) is 2.77. The number of ether oxygens (including phenoxy) is 1. The Morgan fingerprint density at radius 3 is 2.50 bits per heavy atom. The molecule has 5 nitrogen and oxygen atoms in total. The molecule has 1 aromatic carbocycles. The molecule has 0 spiro atoms. The summed E-state index contributed by atoms with van der Waals surface area (Å²) in [5.74, 6) is 0.640. The first-order valence-electron chi connectivity index (χ1n) is 6.48. The fourth-order valence-electron chi connectivity index (χ4n) is 1.58. The summed E-state index contributed by atoms with van der Waals surface area (Å²) >= 11 is 11.8. The third-order valence-corrected chi connectivity index (χ3v) is 3.33. The van der Waals surface area contributed by atoms with Crippen LogP contribution in [0.25, 0.3) is 0 Å². The molecule has 0 atom stereocenters. The molecule has 0 aliphatic rings. The molecular weight excluding hydrogens is 325 g/mol. The topological polar surface area (TPSA) is 54.5 Å². The lowest BCUT2D eigenvalue weighted by molar-refractivity contribution is 0.230. The summed E-state index contributed by atoms with van der Waals surface area (Å²) in [7, 11) is 3.35. The van der Waals surface area contributed by atoms with Crippen LogP contribution < -0.4 is 10.1 Å². The lowest BCUT2D eigenvalue weighted by atomic mass is 10.3. The average Bonchev–Trinajstić information content (AvgIpc) is 2.49. The van der Waals surface area contributed by atoms with Crippen molar-refractivity contribution >= 4 is 34.9 Å². The maximum absolute atomic E-state index is 11.5. The molecule has 2 rings (SSSR count). The van der Waals surface area contributed by atoms with Crippen molar-refractivity contribution in [2.24, 2.45) is 0 Å². The molecule has 0 radical (unpaired) electrons. The first kappa shape index (κ1) is 16.4. The van der Waals surface area contributed by atoms with Gasteiger partial charge in [0.15, 0.2) is 0 Å². The standard InChI is InChI=1S/C15H15Cl2N3O2/c1-20(2)15(21)18-10-3-5-11(6-4-10)22-9-13-12(16)7-8-14(17)19-13/h3-8H,9H2,1-2H3,(H,18,21). The molecule has 116 valence electrons. The summed E-state index contributed by atoms with van der Waals surface area (Å²) in [5, 5.41) is 3.60. The van der Waals surface area contributed by atoms with Crippen molar-refractivity contribution in [2.75, 3.05) is 19.4 Å². The number of anilines is 1. The maximum Gasteiger partial charge on any atom is 0.321 e. The zero-order valence-corrected chi connectivity index (χ0v) is 13.6. The number of rotatable bonds is 4. The van der Waals surface area contributed by atoms with E-state index < -0.39 is 0 Å². The second kappa shape index (κ2) is 7.33. The first-order chi connectivity index (χ1) is 10.5. The minimum absolute atomic E-state index is 0.191. The number of carbonyl (C=O) groups excluding carboxylic acids is 1. The van der Waals surface area contributed by atoms with Gasteiger partial charge < -0.3 is 15.0 Å². The number of aromatic nitrogens is 1. The molecule has 0 saturated heterocycles. The Morgan fingerprint density at radius 1 is 1.18 bits per heavy atom. The number of hydrogen-bond acceptors (Lipinski definition) is 3. The highest BCUT2D eigenvalue weighted by atomic mass is 35.5. The molecule has 0 saturated carbocycles. The number of halogens is 2. The summed E-state index contributed by atoms with van der Waals surface area (Å²) in [6.07, 6.45) is 0. The van der Waals surface area contributed by atoms with Crippen molar-refractivity contribution in [1.82, 2.24) is 9.88 Å². The largest absolute Gasteiger partial charge is 0.487 e. The van der Waals surface area contributed by atoms with Crippen molar-refractivity contribution in [1.29, 1.82) is 0 Å². The number of pyridine rings is 1. The van der Waals surface area contributed by atoms with Gasteiger partial charge in [-0.2, -0.15) is 0 Å². The number of benzene rings is 1. The molecule has 0 aliphatic heterocycles. The van der Waals surface area contributed by atoms with Crippen molar-refractivity contribution < 1.29 is 9.53 Å². The highest BCUT2D eigenvalue weighted by Gasteiger charge is 2.06. The van der Waals surface area contributed by atoms with Crippen LogP contribution in [-0.4, -0.2) is 30.0 Å². The SMILES string of the molecule is CN(C)C(=O)Nc1ccc(OCc2nc(Cl)ccc2Cl)cc1. The Balaban J connectivity index is 1.97. The second-order valence-electron chi connectivity index (χ2n) is 4.70. The molecule has 22 heavy (non-hydrogen) atoms. The number of carbonyl (C=O) groups is 1. The van der Waals surface area contributed by atoms with Gasteiger partial charge in [0.25, 0.3) is 0 Å². The number of hydrogen-bond donors (Lipinski definition) is 1. The zero-order chi connectivity index (χ0) is 16.1. The Morgan fingerprint density at radius 2 is 1.86 bits per heavy atom. The molecule has 1 heterocycles. The molecule has 2 amide bonds. The number of amides is 2. The van der Waals surface area contributed by atoms with Gasteiger partial charge in [0.1, 0.15) is 17.5 Å². The molecule has 1 aromatic heterocycles. The van der Waals surface area contributed by atoms with Gasteiger partial charge in [-0.3, -0.25) is 0 Å². The average molecular weight is 340 g/mol. The molecule has 0 unspecified atom stereocenters. The molecule has 0 bridgehead atoms. The van der Waals surface area contributed by atoms with E-state index in [-0.39, 0.29) is 12.6 Å². The van der Waals surface area contributed by atoms with Crippen LogP contribution in [0.1, 0.15) is 5.69 Å². The summed E-state index contributed by atoms with van der Waals surface area (Å²) in [5.41, 5.74) is 1.25. The number of nitrogens with zero attached hydrogens (tertiary/aromatic N) is 2. The van der Waals surface area contributed by atoms with E-state index in [0.717, 1.165) is 0 Å². The van der Waals surface area contributed by atoms with Crippen LogP contribution in [0.5, 0.6) is 5.75 Å². The summed E-state index contributed by atoms with van der Waals surface area (Å²) in [6, 6.07) is 10.1. The van der Waals surface area contributed by atoms with Gasteiger partial charge in [-0.25, -0.2) is 9.78 Å². The monoisotopic (exact) mass is 339 g/mol. The molecule has 2 aromatic rings. The van der Waals surface area contributed by atoms with E-state index in [2.05, 4.69) is 10.3 Å². The molecule has 0 fully saturated rings. The predicted molar refractivity (Wildman–Crippen MR) is 87.7 cm³/mol. The summed E-state index contributed by atoms with van der Waals surface area (Å²) in [6.45, 7) is 0.211. The van der Waals surface area contributed by atoms with Crippen LogP contribution in [0.15, 0.2) is 36.4 Å². The van der Waals surface area contributed by atoms with Crippen molar-refractivity contribution in [2.45, 2.75) is 6.61 Å². The van der Waals surface area contributed by atoms with Crippen LogP contribution in [0.3, 0.4) is 0 Å². The fraction of sp³-hybridized carbons (Fsp3) is 0.200. The smallest absolute Gasteiger partial charge is 0.321 e. The Labute approximate surface area is 138 Å². The summed E-state index contributed by atoms with van der Waals surface area (Å²) < 4.78 is 5.61. The van der Waals surface area contributed by atoms with E-state index in [4.69, 9.17) is 27.9 Å². The highest BCUT2D eigenvalue weighted by molar-refractivity contribution is 6.32. The second-order valence-corrected chi connectivity index (χ2v) is 5.49. The lowest BCUT2D eigenvalue weighted by Crippen LogP contribution is -2.27. The van der Waals surface area contributed by atoms with Gasteiger partial charge in [-0.15, -0.1) is 0 Å². The van der Waals surface area contributed by atoms with Crippen LogP contribution >= 0.6 is 23.2 Å². The molecule has 1 N–H and O–H groups in total. The van der Waals surface area contributed by atoms with E-state index in [0.29, 0.717) is 27.3 Å². The van der Waals surface area contributed by atoms with E-state index >= 15 is 0 Å². The minimum atomic E-state index is -0.191. The van der Waals surface area contributed by atoms with Gasteiger partial charge in [0, 0.05) is 19.8 Å². The third kappa shape index (κ3) is 4.51. The van der Waals surface area contributed by atoms with Crippen LogP contribution in [-0.2, 0) is 6.61 Å².